The van der Waals surface area contributed by atoms with E-state index < -0.39 is 0 Å². The van der Waals surface area contributed by atoms with Crippen LogP contribution in [0.15, 0.2) is 17.0 Å². The lowest BCUT2D eigenvalue weighted by Crippen LogP contribution is -2.25. The van der Waals surface area contributed by atoms with Crippen LogP contribution in [0.4, 0.5) is 5.82 Å². The van der Waals surface area contributed by atoms with Crippen LogP contribution in [0.2, 0.25) is 0 Å². The molecule has 0 atom stereocenters. The van der Waals surface area contributed by atoms with E-state index in [0.29, 0.717) is 0 Å². The smallest absolute Gasteiger partial charge is 0.143 e. The lowest BCUT2D eigenvalue weighted by atomic mass is 10.3. The number of hydrogen-bond donors (Lipinski definition) is 1. The van der Waals surface area contributed by atoms with Crippen molar-refractivity contribution in [3.63, 3.8) is 0 Å². The molecule has 1 rings (SSSR count). The van der Waals surface area contributed by atoms with Crippen molar-refractivity contribution in [1.82, 2.24) is 14.9 Å². The zero-order chi connectivity index (χ0) is 11.8. The quantitative estimate of drug-likeness (QED) is 0.782. The third kappa shape index (κ3) is 4.45. The minimum absolute atomic E-state index is 0.870. The van der Waals surface area contributed by atoms with Gasteiger partial charge in [-0.2, -0.15) is 0 Å². The van der Waals surface area contributed by atoms with Crippen molar-refractivity contribution in [1.29, 1.82) is 0 Å². The van der Waals surface area contributed by atoms with Gasteiger partial charge in [0, 0.05) is 12.7 Å². The molecule has 0 aliphatic heterocycles. The van der Waals surface area contributed by atoms with Crippen LogP contribution in [0.25, 0.3) is 0 Å². The molecule has 4 nitrogen and oxygen atoms in total. The Kier molecular flexibility index (Phi) is 6.33. The molecule has 0 aliphatic carbocycles. The van der Waals surface area contributed by atoms with Crippen LogP contribution >= 0.6 is 15.9 Å². The molecule has 0 aliphatic rings. The summed E-state index contributed by atoms with van der Waals surface area (Å²) in [6, 6.07) is 0. The van der Waals surface area contributed by atoms with Crippen molar-refractivity contribution in [2.75, 3.05) is 31.5 Å². The van der Waals surface area contributed by atoms with Crippen molar-refractivity contribution < 1.29 is 0 Å². The van der Waals surface area contributed by atoms with Gasteiger partial charge >= 0.3 is 0 Å². The molecule has 1 aromatic heterocycles. The Bertz CT molecular complexity index is 302. The Hall–Kier alpha value is -0.680. The fraction of sp³-hybridized carbons (Fsp3) is 0.636. The minimum Gasteiger partial charge on any atom is -0.369 e. The highest BCUT2D eigenvalue weighted by molar-refractivity contribution is 9.10. The summed E-state index contributed by atoms with van der Waals surface area (Å²) in [6.07, 6.45) is 4.43. The second-order valence-corrected chi connectivity index (χ2v) is 4.38. The molecule has 1 heterocycles. The van der Waals surface area contributed by atoms with E-state index in [-0.39, 0.29) is 0 Å². The van der Waals surface area contributed by atoms with E-state index in [0.717, 1.165) is 42.9 Å². The first-order valence-electron chi connectivity index (χ1n) is 5.69. The molecule has 0 radical (unpaired) electrons. The second kappa shape index (κ2) is 7.57. The third-order valence-corrected chi connectivity index (χ3v) is 3.09. The van der Waals surface area contributed by atoms with Crippen molar-refractivity contribution in [2.24, 2.45) is 0 Å². The van der Waals surface area contributed by atoms with Gasteiger partial charge < -0.3 is 10.2 Å². The summed E-state index contributed by atoms with van der Waals surface area (Å²) in [5, 5.41) is 3.29. The van der Waals surface area contributed by atoms with Gasteiger partial charge in [-0.1, -0.05) is 13.8 Å². The van der Waals surface area contributed by atoms with Gasteiger partial charge in [-0.05, 0) is 42.0 Å². The van der Waals surface area contributed by atoms with Gasteiger partial charge in [-0.15, -0.1) is 0 Å². The Morgan fingerprint density at radius 1 is 1.38 bits per heavy atom. The number of rotatable bonds is 7. The van der Waals surface area contributed by atoms with Gasteiger partial charge in [0.1, 0.15) is 12.1 Å². The summed E-state index contributed by atoms with van der Waals surface area (Å²) in [5.74, 6) is 0.870. The molecule has 90 valence electrons. The zero-order valence-corrected chi connectivity index (χ0v) is 11.5. The van der Waals surface area contributed by atoms with Gasteiger partial charge in [-0.25, -0.2) is 9.97 Å². The number of anilines is 1. The lowest BCUT2D eigenvalue weighted by molar-refractivity contribution is 0.303. The van der Waals surface area contributed by atoms with E-state index in [2.05, 4.69) is 50.0 Å². The largest absolute Gasteiger partial charge is 0.369 e. The zero-order valence-electron chi connectivity index (χ0n) is 9.91. The van der Waals surface area contributed by atoms with Gasteiger partial charge in [0.15, 0.2) is 0 Å². The molecule has 0 saturated carbocycles. The third-order valence-electron chi connectivity index (χ3n) is 2.51. The van der Waals surface area contributed by atoms with Gasteiger partial charge in [0.2, 0.25) is 0 Å². The molecule has 0 bridgehead atoms. The van der Waals surface area contributed by atoms with E-state index in [9.17, 15) is 0 Å². The maximum absolute atomic E-state index is 4.15. The highest BCUT2D eigenvalue weighted by atomic mass is 79.9. The van der Waals surface area contributed by atoms with E-state index in [1.807, 2.05) is 0 Å². The number of nitrogens with zero attached hydrogens (tertiary/aromatic N) is 3. The van der Waals surface area contributed by atoms with Gasteiger partial charge in [0.05, 0.1) is 4.47 Å². The van der Waals surface area contributed by atoms with E-state index in [4.69, 9.17) is 0 Å². The Morgan fingerprint density at radius 2 is 2.12 bits per heavy atom. The number of nitrogens with one attached hydrogen (secondary N) is 1. The molecule has 1 N–H and O–H groups in total. The van der Waals surface area contributed by atoms with E-state index >= 15 is 0 Å². The first-order chi connectivity index (χ1) is 7.77. The number of hydrogen-bond acceptors (Lipinski definition) is 4. The molecular weight excluding hydrogens is 268 g/mol. The Morgan fingerprint density at radius 3 is 2.75 bits per heavy atom. The van der Waals surface area contributed by atoms with E-state index in [1.165, 1.54) is 0 Å². The first kappa shape index (κ1) is 13.4. The van der Waals surface area contributed by atoms with Crippen molar-refractivity contribution in [2.45, 2.75) is 20.3 Å². The molecule has 5 heteroatoms. The molecule has 0 fully saturated rings. The summed E-state index contributed by atoms with van der Waals surface area (Å²) < 4.78 is 0.915. The monoisotopic (exact) mass is 286 g/mol. The normalized spacial score (nSPS) is 10.8. The van der Waals surface area contributed by atoms with Crippen molar-refractivity contribution in [3.05, 3.63) is 17.0 Å². The summed E-state index contributed by atoms with van der Waals surface area (Å²) >= 11 is 3.41. The number of halogens is 1. The SMILES string of the molecule is CCN(CC)CCCNc1ncncc1Br. The predicted octanol–water partition coefficient (Wildman–Crippen LogP) is 2.38. The average Bonchev–Trinajstić information content (AvgIpc) is 2.31. The maximum atomic E-state index is 4.15. The highest BCUT2D eigenvalue weighted by Crippen LogP contribution is 2.16. The fourth-order valence-corrected chi connectivity index (χ4v) is 1.85. The van der Waals surface area contributed by atoms with E-state index in [1.54, 1.807) is 12.5 Å². The van der Waals surface area contributed by atoms with Crippen molar-refractivity contribution >= 4 is 21.7 Å². The summed E-state index contributed by atoms with van der Waals surface area (Å²) in [4.78, 5) is 10.5. The summed E-state index contributed by atoms with van der Waals surface area (Å²) in [6.45, 7) is 8.69. The van der Waals surface area contributed by atoms with Gasteiger partial charge in [-0.3, -0.25) is 0 Å². The average molecular weight is 287 g/mol. The fourth-order valence-electron chi connectivity index (χ4n) is 1.49. The lowest BCUT2D eigenvalue weighted by Gasteiger charge is -2.17. The van der Waals surface area contributed by atoms with Crippen LogP contribution in [0.1, 0.15) is 20.3 Å². The van der Waals surface area contributed by atoms with Crippen LogP contribution in [0.3, 0.4) is 0 Å². The molecule has 0 unspecified atom stereocenters. The molecule has 0 spiro atoms. The summed E-state index contributed by atoms with van der Waals surface area (Å²) in [7, 11) is 0. The van der Waals surface area contributed by atoms with Crippen LogP contribution in [-0.2, 0) is 0 Å². The van der Waals surface area contributed by atoms with Crippen LogP contribution < -0.4 is 5.32 Å². The first-order valence-corrected chi connectivity index (χ1v) is 6.49. The molecular formula is C11H19BrN4. The Labute approximate surface area is 106 Å². The minimum atomic E-state index is 0.870. The maximum Gasteiger partial charge on any atom is 0.143 e. The molecule has 16 heavy (non-hydrogen) atoms. The van der Waals surface area contributed by atoms with Gasteiger partial charge in [0.25, 0.3) is 0 Å². The topological polar surface area (TPSA) is 41.0 Å². The Balaban J connectivity index is 2.23. The molecule has 0 amide bonds. The second-order valence-electron chi connectivity index (χ2n) is 3.53. The summed E-state index contributed by atoms with van der Waals surface area (Å²) in [5.41, 5.74) is 0. The molecule has 1 aromatic rings. The van der Waals surface area contributed by atoms with Crippen LogP contribution in [0.5, 0.6) is 0 Å². The number of aromatic nitrogens is 2. The molecule has 0 saturated heterocycles. The van der Waals surface area contributed by atoms with Crippen LogP contribution in [-0.4, -0.2) is 41.0 Å². The molecule has 0 aromatic carbocycles. The highest BCUT2D eigenvalue weighted by Gasteiger charge is 2.01. The predicted molar refractivity (Wildman–Crippen MR) is 70.6 cm³/mol. The van der Waals surface area contributed by atoms with Crippen LogP contribution in [0, 0.1) is 0 Å². The van der Waals surface area contributed by atoms with Crippen molar-refractivity contribution in [3.8, 4) is 0 Å². The standard InChI is InChI=1S/C11H19BrN4/c1-3-16(4-2)7-5-6-14-11-10(12)8-13-9-15-11/h8-9H,3-7H2,1-2H3,(H,13,14,15).